The van der Waals surface area contributed by atoms with Crippen molar-refractivity contribution in [2.75, 3.05) is 25.2 Å². The number of phosphoric ester groups is 2. The summed E-state index contributed by atoms with van der Waals surface area (Å²) in [4.78, 5) is 57.7. The minimum absolute atomic E-state index is 0.0740. The van der Waals surface area contributed by atoms with E-state index in [1.807, 2.05) is 4.98 Å². The van der Waals surface area contributed by atoms with Crippen LogP contribution < -0.4 is 16.6 Å². The van der Waals surface area contributed by atoms with Gasteiger partial charge in [0.1, 0.15) is 42.7 Å². The Hall–Kier alpha value is -1.17. The van der Waals surface area contributed by atoms with Crippen LogP contribution in [-0.4, -0.2) is 125 Å². The van der Waals surface area contributed by atoms with Crippen molar-refractivity contribution < 1.29 is 72.1 Å². The number of amides is 1. The Bertz CT molecular complexity index is 1320. The maximum Gasteiger partial charge on any atom is 0.483 e. The number of ether oxygens (including phenoxy) is 2. The topological polar surface area (TPSA) is 306 Å². The number of aliphatic hydroxyl groups excluding tert-OH is 5. The van der Waals surface area contributed by atoms with Crippen LogP contribution in [-0.2, 0) is 36.8 Å². The van der Waals surface area contributed by atoms with Gasteiger partial charge in [0.15, 0.2) is 12.5 Å². The van der Waals surface area contributed by atoms with Gasteiger partial charge in [-0.1, -0.05) is 21.6 Å². The Balaban J connectivity index is 1.65. The maximum absolute atomic E-state index is 12.6. The van der Waals surface area contributed by atoms with Crippen LogP contribution in [0.5, 0.6) is 0 Å². The van der Waals surface area contributed by atoms with E-state index in [0.717, 1.165) is 16.8 Å². The monoisotopic (exact) mass is 699 g/mol. The van der Waals surface area contributed by atoms with E-state index in [1.165, 1.54) is 21.6 Å². The average Bonchev–Trinajstić information content (AvgIpc) is 3.19. The van der Waals surface area contributed by atoms with Crippen LogP contribution in [0.25, 0.3) is 0 Å². The number of rotatable bonds is 14. The van der Waals surface area contributed by atoms with Gasteiger partial charge in [-0.3, -0.25) is 28.2 Å². The van der Waals surface area contributed by atoms with E-state index >= 15 is 0 Å². The minimum atomic E-state index is -5.66. The fraction of sp³-hybridized carbons (Fsp3) is 0.737. The summed E-state index contributed by atoms with van der Waals surface area (Å²) < 4.78 is 49.9. The van der Waals surface area contributed by atoms with E-state index in [4.69, 9.17) is 14.0 Å². The van der Waals surface area contributed by atoms with Crippen LogP contribution in [0.3, 0.4) is 0 Å². The zero-order valence-electron chi connectivity index (χ0n) is 22.1. The summed E-state index contributed by atoms with van der Waals surface area (Å²) in [5.74, 6) is -0.336. The van der Waals surface area contributed by atoms with Gasteiger partial charge in [-0.25, -0.2) is 13.9 Å². The molecule has 1 amide bonds. The first-order valence-electron chi connectivity index (χ1n) is 12.2. The highest BCUT2D eigenvalue weighted by molar-refractivity contribution is 8.76. The van der Waals surface area contributed by atoms with Gasteiger partial charge in [0.2, 0.25) is 5.91 Å². The van der Waals surface area contributed by atoms with Crippen molar-refractivity contribution in [1.82, 2.24) is 14.9 Å². The molecule has 2 fully saturated rings. The maximum atomic E-state index is 12.6. The molecule has 24 heteroatoms. The third-order valence-corrected chi connectivity index (χ3v) is 10.5. The highest BCUT2D eigenvalue weighted by atomic mass is 33.1. The normalized spacial score (nSPS) is 33.9. The van der Waals surface area contributed by atoms with Gasteiger partial charge in [0.05, 0.1) is 13.2 Å². The molecule has 43 heavy (non-hydrogen) atoms. The summed E-state index contributed by atoms with van der Waals surface area (Å²) in [6, 6.07) is -0.772. The number of hydrogen-bond acceptors (Lipinski definition) is 17. The molecule has 3 rings (SSSR count). The zero-order valence-corrected chi connectivity index (χ0v) is 25.5. The lowest BCUT2D eigenvalue weighted by Crippen LogP contribution is -2.64. The number of carbonyl (C=O) groups excluding carboxylic acids is 1. The van der Waals surface area contributed by atoms with Crippen LogP contribution in [0.15, 0.2) is 21.9 Å². The van der Waals surface area contributed by atoms with Crippen LogP contribution in [0, 0.1) is 0 Å². The Morgan fingerprint density at radius 3 is 2.37 bits per heavy atom. The van der Waals surface area contributed by atoms with Crippen molar-refractivity contribution in [2.45, 2.75) is 61.6 Å². The summed E-state index contributed by atoms with van der Waals surface area (Å²) in [5, 5.41) is 52.8. The molecule has 0 aliphatic carbocycles. The summed E-state index contributed by atoms with van der Waals surface area (Å²) in [6.07, 6.45) is -11.4. The number of carbonyl (C=O) groups is 1. The average molecular weight is 700 g/mol. The number of aromatic amines is 1. The zero-order chi connectivity index (χ0) is 32.1. The van der Waals surface area contributed by atoms with Crippen molar-refractivity contribution in [2.24, 2.45) is 0 Å². The number of hydrogen-bond donors (Lipinski definition) is 9. The molecule has 1 aromatic rings. The van der Waals surface area contributed by atoms with Crippen LogP contribution >= 0.6 is 37.2 Å². The van der Waals surface area contributed by atoms with Gasteiger partial charge in [-0.15, -0.1) is 0 Å². The Morgan fingerprint density at radius 2 is 1.74 bits per heavy atom. The molecule has 1 aromatic heterocycles. The molecule has 0 bridgehead atoms. The number of aliphatic hydroxyl groups is 5. The van der Waals surface area contributed by atoms with Gasteiger partial charge in [0.25, 0.3) is 5.56 Å². The Labute approximate surface area is 249 Å². The van der Waals surface area contributed by atoms with E-state index in [9.17, 15) is 58.8 Å². The third-order valence-electron chi connectivity index (χ3n) is 6.05. The highest BCUT2D eigenvalue weighted by Gasteiger charge is 2.50. The summed E-state index contributed by atoms with van der Waals surface area (Å²) >= 11 is 0. The van der Waals surface area contributed by atoms with Gasteiger partial charge >= 0.3 is 21.3 Å². The summed E-state index contributed by atoms with van der Waals surface area (Å²) in [5.41, 5.74) is -1.75. The van der Waals surface area contributed by atoms with E-state index in [1.54, 1.807) is 6.26 Å². The van der Waals surface area contributed by atoms with Crippen LogP contribution in [0.2, 0.25) is 0 Å². The summed E-state index contributed by atoms with van der Waals surface area (Å²) in [7, 11) is -8.48. The molecule has 9 N–H and O–H groups in total. The summed E-state index contributed by atoms with van der Waals surface area (Å²) in [6.45, 7) is -1.94. The van der Waals surface area contributed by atoms with E-state index in [0.29, 0.717) is 5.75 Å². The highest BCUT2D eigenvalue weighted by Crippen LogP contribution is 2.61. The Kier molecular flexibility index (Phi) is 13.0. The lowest BCUT2D eigenvalue weighted by molar-refractivity contribution is -0.248. The molecule has 2 aliphatic heterocycles. The molecule has 246 valence electrons. The van der Waals surface area contributed by atoms with Crippen LogP contribution in [0.1, 0.15) is 12.6 Å². The second-order valence-electron chi connectivity index (χ2n) is 9.02. The van der Waals surface area contributed by atoms with Crippen molar-refractivity contribution in [3.05, 3.63) is 33.1 Å². The number of nitrogens with zero attached hydrogens (tertiary/aromatic N) is 1. The standard InChI is InChI=1S/C19H31N3O17P2S2/c1-42-43-5-3-11(25)20-12-15(28)13(26)8(6-23)37-18(12)38-41(33,34)39-40(31,32)35-7-9-14(27)16(29)17(36-9)22-4-2-10(24)21-19(22)30/h2,4,8-9,12-18,23,26-29H,3,5-7H2,1H3,(H,20,25)(H,31,32)(H,33,34)(H,21,24,30)/t8?,9-,12?,13?,14+,15?,16?,17-,18?/m1/s1. The van der Waals surface area contributed by atoms with Gasteiger partial charge < -0.3 is 50.1 Å². The molecule has 0 saturated carbocycles. The van der Waals surface area contributed by atoms with Gasteiger partial charge in [-0.2, -0.15) is 4.31 Å². The second-order valence-corrected chi connectivity index (χ2v) is 14.7. The first kappa shape index (κ1) is 36.3. The van der Waals surface area contributed by atoms with Crippen molar-refractivity contribution >= 4 is 43.1 Å². The molecule has 3 heterocycles. The number of aromatic nitrogens is 2. The lowest BCUT2D eigenvalue weighted by atomic mass is 9.97. The number of nitrogens with one attached hydrogen (secondary N) is 2. The van der Waals surface area contributed by atoms with Crippen molar-refractivity contribution in [3.8, 4) is 0 Å². The van der Waals surface area contributed by atoms with E-state index in [2.05, 4.69) is 14.2 Å². The smallest absolute Gasteiger partial charge is 0.394 e. The van der Waals surface area contributed by atoms with Gasteiger partial charge in [-0.05, 0) is 6.26 Å². The molecule has 8 unspecified atom stereocenters. The number of H-pyrrole nitrogens is 1. The SMILES string of the molecule is CSSCCC(=O)NC1C(OP(=O)(O)OP(=O)(O)OC[C@H]2O[C@@H](n3ccc(=O)[nH]c3=O)C(O)[C@H]2O)OC(CO)C(O)C1O. The minimum Gasteiger partial charge on any atom is -0.394 e. The molecule has 2 aliphatic rings. The molecule has 0 spiro atoms. The fourth-order valence-electron chi connectivity index (χ4n) is 4.00. The molecular formula is C19H31N3O17P2S2. The quantitative estimate of drug-likeness (QED) is 0.0523. The largest absolute Gasteiger partial charge is 0.483 e. The molecule has 2 saturated heterocycles. The molecule has 11 atom stereocenters. The molecule has 0 aromatic carbocycles. The molecular weight excluding hydrogens is 668 g/mol. The van der Waals surface area contributed by atoms with Crippen molar-refractivity contribution in [3.63, 3.8) is 0 Å². The second kappa shape index (κ2) is 15.4. The lowest BCUT2D eigenvalue weighted by Gasteiger charge is -2.42. The van der Waals surface area contributed by atoms with Gasteiger partial charge in [0, 0.05) is 24.4 Å². The van der Waals surface area contributed by atoms with Crippen LogP contribution in [0.4, 0.5) is 0 Å². The number of phosphoric acid groups is 2. The first-order chi connectivity index (χ1) is 20.1. The molecule has 0 radical (unpaired) electrons. The predicted octanol–water partition coefficient (Wildman–Crippen LogP) is -3.27. The van der Waals surface area contributed by atoms with E-state index < -0.39 is 101 Å². The van der Waals surface area contributed by atoms with Crippen molar-refractivity contribution in [1.29, 1.82) is 0 Å². The third kappa shape index (κ3) is 9.66. The van der Waals surface area contributed by atoms with E-state index in [-0.39, 0.29) is 6.42 Å². The predicted molar refractivity (Wildman–Crippen MR) is 145 cm³/mol. The fourth-order valence-corrected chi connectivity index (χ4v) is 7.35. The molecule has 20 nitrogen and oxygen atoms in total. The first-order valence-corrected chi connectivity index (χ1v) is 17.9. The Morgan fingerprint density at radius 1 is 1.07 bits per heavy atom.